The number of benzene rings is 1. The molecular weight excluding hydrogens is 388 g/mol. The molecule has 0 spiro atoms. The van der Waals surface area contributed by atoms with E-state index in [1.165, 1.54) is 0 Å². The van der Waals surface area contributed by atoms with Gasteiger partial charge in [-0.05, 0) is 30.7 Å². The van der Waals surface area contributed by atoms with Gasteiger partial charge in [-0.2, -0.15) is 0 Å². The van der Waals surface area contributed by atoms with Crippen LogP contribution in [-0.4, -0.2) is 39.9 Å². The number of para-hydroxylation sites is 1. The summed E-state index contributed by atoms with van der Waals surface area (Å²) in [6, 6.07) is 15.4. The maximum Gasteiger partial charge on any atom is 0.226 e. The number of carbonyl (C=O) groups is 1. The summed E-state index contributed by atoms with van der Waals surface area (Å²) < 4.78 is 0. The van der Waals surface area contributed by atoms with Crippen LogP contribution in [0.4, 0.5) is 5.82 Å². The number of aromatic nitrogens is 4. The van der Waals surface area contributed by atoms with Crippen LogP contribution in [0.15, 0.2) is 60.9 Å². The second-order valence-electron chi connectivity index (χ2n) is 7.77. The fraction of sp³-hybridized carbons (Fsp3) is 0.250. The van der Waals surface area contributed by atoms with Gasteiger partial charge in [0.15, 0.2) is 0 Å². The number of nitrogens with one attached hydrogen (secondary N) is 2. The Morgan fingerprint density at radius 3 is 2.71 bits per heavy atom. The molecule has 0 aliphatic carbocycles. The Kier molecular flexibility index (Phi) is 5.93. The van der Waals surface area contributed by atoms with Gasteiger partial charge in [-0.25, -0.2) is 9.97 Å². The van der Waals surface area contributed by atoms with Crippen LogP contribution in [0.1, 0.15) is 28.8 Å². The van der Waals surface area contributed by atoms with Gasteiger partial charge >= 0.3 is 0 Å². The highest BCUT2D eigenvalue weighted by Gasteiger charge is 2.21. The number of pyridine rings is 1. The van der Waals surface area contributed by atoms with Crippen molar-refractivity contribution in [1.29, 1.82) is 0 Å². The molecule has 0 radical (unpaired) electrons. The van der Waals surface area contributed by atoms with Crippen LogP contribution in [0.25, 0.3) is 10.9 Å². The van der Waals surface area contributed by atoms with Gasteiger partial charge in [0.2, 0.25) is 5.91 Å². The van der Waals surface area contributed by atoms with Crippen LogP contribution in [0.2, 0.25) is 0 Å². The summed E-state index contributed by atoms with van der Waals surface area (Å²) in [5, 5.41) is 4.32. The number of hydrogen-bond donors (Lipinski definition) is 2. The second-order valence-corrected chi connectivity index (χ2v) is 7.77. The number of hydrogen-bond acceptors (Lipinski definition) is 5. The number of fused-ring (bicyclic) bond motifs is 1. The number of H-pyrrole nitrogens is 1. The number of anilines is 1. The molecule has 3 heterocycles. The van der Waals surface area contributed by atoms with E-state index in [2.05, 4.69) is 31.3 Å². The van der Waals surface area contributed by atoms with E-state index in [4.69, 9.17) is 0 Å². The van der Waals surface area contributed by atoms with E-state index >= 15 is 0 Å². The molecule has 0 saturated carbocycles. The van der Waals surface area contributed by atoms with Crippen molar-refractivity contribution in [1.82, 2.24) is 25.3 Å². The summed E-state index contributed by atoms with van der Waals surface area (Å²) in [6.07, 6.45) is 4.53. The van der Waals surface area contributed by atoms with Gasteiger partial charge in [0.25, 0.3) is 0 Å². The average molecular weight is 415 g/mol. The highest BCUT2D eigenvalue weighted by atomic mass is 16.1. The van der Waals surface area contributed by atoms with E-state index in [0.29, 0.717) is 12.2 Å². The highest BCUT2D eigenvalue weighted by Crippen LogP contribution is 2.25. The van der Waals surface area contributed by atoms with Crippen LogP contribution in [-0.2, 0) is 17.6 Å². The Balaban J connectivity index is 1.65. The first kappa shape index (κ1) is 20.5. The number of aryl methyl sites for hydroxylation is 1. The standard InChI is InChI=1S/C24H26N6O/c1-16-27-22(14-23(28-16)30(2)3)21(29-24(31)13-18-8-6-7-11-25-18)12-17-15-26-20-10-5-4-9-19(17)20/h4-11,14-15,21,26H,12-13H2,1-3H3,(H,29,31)/t21-/m0/s1. The molecule has 158 valence electrons. The highest BCUT2D eigenvalue weighted by molar-refractivity contribution is 5.83. The predicted molar refractivity (Wildman–Crippen MR) is 122 cm³/mol. The largest absolute Gasteiger partial charge is 0.363 e. The first-order chi connectivity index (χ1) is 15.0. The third-order valence-corrected chi connectivity index (χ3v) is 5.16. The van der Waals surface area contributed by atoms with Gasteiger partial charge < -0.3 is 15.2 Å². The van der Waals surface area contributed by atoms with E-state index in [0.717, 1.165) is 33.7 Å². The van der Waals surface area contributed by atoms with Crippen LogP contribution in [0.3, 0.4) is 0 Å². The van der Waals surface area contributed by atoms with Crippen molar-refractivity contribution in [2.75, 3.05) is 19.0 Å². The van der Waals surface area contributed by atoms with Crippen molar-refractivity contribution in [3.8, 4) is 0 Å². The normalized spacial score (nSPS) is 12.0. The Morgan fingerprint density at radius 2 is 1.94 bits per heavy atom. The van der Waals surface area contributed by atoms with Gasteiger partial charge in [0.05, 0.1) is 18.2 Å². The van der Waals surface area contributed by atoms with E-state index in [1.54, 1.807) is 6.20 Å². The lowest BCUT2D eigenvalue weighted by atomic mass is 10.0. The third-order valence-electron chi connectivity index (χ3n) is 5.16. The monoisotopic (exact) mass is 414 g/mol. The first-order valence-electron chi connectivity index (χ1n) is 10.3. The predicted octanol–water partition coefficient (Wildman–Crippen LogP) is 3.37. The summed E-state index contributed by atoms with van der Waals surface area (Å²) in [7, 11) is 3.89. The molecule has 1 atom stereocenters. The minimum atomic E-state index is -0.296. The van der Waals surface area contributed by atoms with Gasteiger partial charge in [0, 0.05) is 55.6 Å². The van der Waals surface area contributed by atoms with Gasteiger partial charge in [-0.3, -0.25) is 9.78 Å². The van der Waals surface area contributed by atoms with Crippen LogP contribution >= 0.6 is 0 Å². The zero-order chi connectivity index (χ0) is 21.8. The lowest BCUT2D eigenvalue weighted by molar-refractivity contribution is -0.121. The van der Waals surface area contributed by atoms with Gasteiger partial charge in [0.1, 0.15) is 11.6 Å². The van der Waals surface area contributed by atoms with E-state index < -0.39 is 0 Å². The molecule has 4 rings (SSSR count). The molecular formula is C24H26N6O. The molecule has 7 nitrogen and oxygen atoms in total. The molecule has 0 aliphatic rings. The maximum atomic E-state index is 12.9. The summed E-state index contributed by atoms with van der Waals surface area (Å²) >= 11 is 0. The molecule has 7 heteroatoms. The number of nitrogens with zero attached hydrogens (tertiary/aromatic N) is 4. The molecule has 0 fully saturated rings. The summed E-state index contributed by atoms with van der Waals surface area (Å²) in [4.78, 5) is 31.6. The number of amides is 1. The van der Waals surface area contributed by atoms with E-state index in [9.17, 15) is 4.79 Å². The Morgan fingerprint density at radius 1 is 1.13 bits per heavy atom. The Bertz CT molecular complexity index is 1190. The molecule has 0 aliphatic heterocycles. The molecule has 3 aromatic heterocycles. The van der Waals surface area contributed by atoms with Crippen molar-refractivity contribution in [2.24, 2.45) is 0 Å². The molecule has 31 heavy (non-hydrogen) atoms. The SMILES string of the molecule is Cc1nc([C@H](Cc2c[nH]c3ccccc23)NC(=O)Cc2ccccn2)cc(N(C)C)n1. The molecule has 1 aromatic carbocycles. The average Bonchev–Trinajstić information content (AvgIpc) is 3.16. The lowest BCUT2D eigenvalue weighted by Gasteiger charge is -2.21. The third kappa shape index (κ3) is 4.88. The first-order valence-corrected chi connectivity index (χ1v) is 10.3. The van der Waals surface area contributed by atoms with Crippen LogP contribution < -0.4 is 10.2 Å². The smallest absolute Gasteiger partial charge is 0.226 e. The maximum absolute atomic E-state index is 12.9. The van der Waals surface area contributed by atoms with Gasteiger partial charge in [-0.1, -0.05) is 24.3 Å². The Hall–Kier alpha value is -3.74. The molecule has 0 saturated heterocycles. The summed E-state index contributed by atoms with van der Waals surface area (Å²) in [5.74, 6) is 1.39. The molecule has 2 N–H and O–H groups in total. The fourth-order valence-electron chi connectivity index (χ4n) is 3.64. The Labute approximate surface area is 181 Å². The zero-order valence-electron chi connectivity index (χ0n) is 18.0. The topological polar surface area (TPSA) is 86.8 Å². The number of aromatic amines is 1. The lowest BCUT2D eigenvalue weighted by Crippen LogP contribution is -2.32. The van der Waals surface area contributed by atoms with E-state index in [-0.39, 0.29) is 18.4 Å². The van der Waals surface area contributed by atoms with Gasteiger partial charge in [-0.15, -0.1) is 0 Å². The van der Waals surface area contributed by atoms with Crippen molar-refractivity contribution < 1.29 is 4.79 Å². The number of carbonyl (C=O) groups excluding carboxylic acids is 1. The van der Waals surface area contributed by atoms with E-state index in [1.807, 2.05) is 74.6 Å². The number of rotatable bonds is 7. The van der Waals surface area contributed by atoms with Crippen molar-refractivity contribution in [3.63, 3.8) is 0 Å². The minimum Gasteiger partial charge on any atom is -0.363 e. The summed E-state index contributed by atoms with van der Waals surface area (Å²) in [5.41, 5.74) is 3.72. The van der Waals surface area contributed by atoms with Crippen LogP contribution in [0, 0.1) is 6.92 Å². The molecule has 0 unspecified atom stereocenters. The molecule has 4 aromatic rings. The molecule has 1 amide bonds. The van der Waals surface area contributed by atoms with Crippen molar-refractivity contribution >= 4 is 22.6 Å². The van der Waals surface area contributed by atoms with Crippen molar-refractivity contribution in [2.45, 2.75) is 25.8 Å². The zero-order valence-corrected chi connectivity index (χ0v) is 18.0. The second kappa shape index (κ2) is 8.95. The quantitative estimate of drug-likeness (QED) is 0.484. The minimum absolute atomic E-state index is 0.0915. The molecule has 0 bridgehead atoms. The van der Waals surface area contributed by atoms with Crippen LogP contribution in [0.5, 0.6) is 0 Å². The van der Waals surface area contributed by atoms with Crippen molar-refractivity contribution in [3.05, 3.63) is 83.7 Å². The fourth-order valence-corrected chi connectivity index (χ4v) is 3.64. The summed E-state index contributed by atoms with van der Waals surface area (Å²) in [6.45, 7) is 1.87.